The third-order valence-electron chi connectivity index (χ3n) is 5.51. The normalized spacial score (nSPS) is 19.6. The van der Waals surface area contributed by atoms with Crippen LogP contribution in [-0.4, -0.2) is 6.29 Å². The second-order valence-corrected chi connectivity index (χ2v) is 9.13. The summed E-state index contributed by atoms with van der Waals surface area (Å²) >= 11 is 0. The van der Waals surface area contributed by atoms with Crippen LogP contribution in [0.3, 0.4) is 0 Å². The molecule has 0 N–H and O–H groups in total. The number of hydrogen-bond acceptors (Lipinski definition) is 1. The van der Waals surface area contributed by atoms with Crippen LogP contribution in [0.15, 0.2) is 106 Å². The molecule has 0 unspecified atom stereocenters. The molecule has 166 valence electrons. The zero-order chi connectivity index (χ0) is 23.3. The highest BCUT2D eigenvalue weighted by molar-refractivity contribution is 5.72. The molecular formula is C30H40O. The summed E-state index contributed by atoms with van der Waals surface area (Å²) in [5.74, 6) is 0. The van der Waals surface area contributed by atoms with E-state index in [2.05, 4.69) is 71.1 Å². The number of aldehydes is 1. The molecule has 0 heterocycles. The smallest absolute Gasteiger partial charge is 0.145 e. The predicted molar refractivity (Wildman–Crippen MR) is 138 cm³/mol. The van der Waals surface area contributed by atoms with Gasteiger partial charge in [0.05, 0.1) is 0 Å². The maximum absolute atomic E-state index is 10.6. The van der Waals surface area contributed by atoms with Crippen LogP contribution in [0.4, 0.5) is 0 Å². The van der Waals surface area contributed by atoms with E-state index in [0.29, 0.717) is 0 Å². The molecule has 0 radical (unpaired) electrons. The lowest BCUT2D eigenvalue weighted by Crippen LogP contribution is -2.19. The number of hydrogen-bond donors (Lipinski definition) is 0. The third kappa shape index (κ3) is 10.8. The molecule has 0 aromatic heterocycles. The molecule has 0 aromatic rings. The lowest BCUT2D eigenvalue weighted by Gasteiger charge is -2.32. The maximum Gasteiger partial charge on any atom is 0.145 e. The highest BCUT2D eigenvalue weighted by atomic mass is 16.1. The van der Waals surface area contributed by atoms with Crippen molar-refractivity contribution in [3.63, 3.8) is 0 Å². The number of carbonyl (C=O) groups excluding carboxylic acids is 1. The van der Waals surface area contributed by atoms with Gasteiger partial charge in [0.1, 0.15) is 6.29 Å². The Labute approximate surface area is 190 Å². The summed E-state index contributed by atoms with van der Waals surface area (Å²) in [6.45, 7) is 15.1. The first-order valence-electron chi connectivity index (χ1n) is 11.2. The summed E-state index contributed by atoms with van der Waals surface area (Å²) < 4.78 is 0. The quantitative estimate of drug-likeness (QED) is 0.209. The molecule has 1 nitrogen and oxygen atoms in total. The minimum atomic E-state index is 0.286. The molecule has 0 aromatic carbocycles. The highest BCUT2D eigenvalue weighted by Crippen LogP contribution is 2.40. The third-order valence-corrected chi connectivity index (χ3v) is 5.51. The molecule has 31 heavy (non-hydrogen) atoms. The minimum Gasteiger partial charge on any atom is -0.298 e. The van der Waals surface area contributed by atoms with Crippen molar-refractivity contribution in [3.8, 4) is 0 Å². The predicted octanol–water partition coefficient (Wildman–Crippen LogP) is 8.72. The Bertz CT molecular complexity index is 887. The van der Waals surface area contributed by atoms with Crippen molar-refractivity contribution in [2.45, 2.75) is 67.7 Å². The zero-order valence-corrected chi connectivity index (χ0v) is 20.5. The van der Waals surface area contributed by atoms with Crippen molar-refractivity contribution in [2.24, 2.45) is 5.41 Å². The van der Waals surface area contributed by atoms with Crippen LogP contribution in [0.2, 0.25) is 0 Å². The van der Waals surface area contributed by atoms with E-state index >= 15 is 0 Å². The van der Waals surface area contributed by atoms with Gasteiger partial charge in [-0.2, -0.15) is 0 Å². The Hall–Kier alpha value is -2.67. The second kappa shape index (κ2) is 13.6. The van der Waals surface area contributed by atoms with Gasteiger partial charge in [0, 0.05) is 0 Å². The van der Waals surface area contributed by atoms with Gasteiger partial charge in [-0.05, 0) is 70.4 Å². The van der Waals surface area contributed by atoms with Crippen LogP contribution in [0.1, 0.15) is 67.7 Å². The van der Waals surface area contributed by atoms with Crippen LogP contribution in [0, 0.1) is 5.41 Å². The lowest BCUT2D eigenvalue weighted by molar-refractivity contribution is -0.104. The van der Waals surface area contributed by atoms with Crippen LogP contribution < -0.4 is 0 Å². The van der Waals surface area contributed by atoms with Gasteiger partial charge in [-0.1, -0.05) is 109 Å². The molecule has 0 atom stereocenters. The van der Waals surface area contributed by atoms with E-state index in [1.807, 2.05) is 43.4 Å². The van der Waals surface area contributed by atoms with Gasteiger partial charge < -0.3 is 0 Å². The molecule has 1 aliphatic rings. The summed E-state index contributed by atoms with van der Waals surface area (Å²) in [5, 5.41) is 0. The Morgan fingerprint density at radius 2 is 1.23 bits per heavy atom. The fraction of sp³-hybridized carbons (Fsp3) is 0.367. The number of rotatable bonds is 9. The molecule has 0 amide bonds. The summed E-state index contributed by atoms with van der Waals surface area (Å²) in [4.78, 5) is 10.6. The van der Waals surface area contributed by atoms with Crippen molar-refractivity contribution in [3.05, 3.63) is 106 Å². The van der Waals surface area contributed by atoms with Gasteiger partial charge in [0.25, 0.3) is 0 Å². The molecule has 0 fully saturated rings. The first-order chi connectivity index (χ1) is 14.7. The van der Waals surface area contributed by atoms with Crippen LogP contribution in [0.25, 0.3) is 0 Å². The van der Waals surface area contributed by atoms with Crippen molar-refractivity contribution in [2.75, 3.05) is 0 Å². The van der Waals surface area contributed by atoms with Gasteiger partial charge >= 0.3 is 0 Å². The van der Waals surface area contributed by atoms with Crippen LogP contribution in [-0.2, 0) is 4.79 Å². The lowest BCUT2D eigenvalue weighted by atomic mass is 9.72. The maximum atomic E-state index is 10.6. The molecule has 0 aliphatic heterocycles. The number of allylic oxidation sites excluding steroid dienone is 18. The molecule has 0 saturated carbocycles. The number of carbonyl (C=O) groups is 1. The molecule has 0 bridgehead atoms. The summed E-state index contributed by atoms with van der Waals surface area (Å²) in [6, 6.07) is 0. The second-order valence-electron chi connectivity index (χ2n) is 9.13. The summed E-state index contributed by atoms with van der Waals surface area (Å²) in [5.41, 5.74) is 7.62. The fourth-order valence-electron chi connectivity index (χ4n) is 3.55. The Balaban J connectivity index is 2.65. The average molecular weight is 417 g/mol. The molecular weight excluding hydrogens is 376 g/mol. The summed E-state index contributed by atoms with van der Waals surface area (Å²) in [6.07, 6.45) is 29.5. The van der Waals surface area contributed by atoms with Gasteiger partial charge in [-0.3, -0.25) is 4.79 Å². The molecule has 1 heteroatoms. The van der Waals surface area contributed by atoms with Gasteiger partial charge in [0.2, 0.25) is 0 Å². The highest BCUT2D eigenvalue weighted by Gasteiger charge is 2.26. The van der Waals surface area contributed by atoms with Crippen molar-refractivity contribution in [1.29, 1.82) is 0 Å². The minimum absolute atomic E-state index is 0.286. The summed E-state index contributed by atoms with van der Waals surface area (Å²) in [7, 11) is 0. The Kier molecular flexibility index (Phi) is 11.6. The molecule has 1 aliphatic carbocycles. The van der Waals surface area contributed by atoms with Crippen molar-refractivity contribution in [1.82, 2.24) is 0 Å². The average Bonchev–Trinajstić information content (AvgIpc) is 2.70. The largest absolute Gasteiger partial charge is 0.298 e. The van der Waals surface area contributed by atoms with Crippen molar-refractivity contribution >= 4 is 6.29 Å². The Morgan fingerprint density at radius 3 is 1.74 bits per heavy atom. The Morgan fingerprint density at radius 1 is 0.742 bits per heavy atom. The van der Waals surface area contributed by atoms with E-state index in [-0.39, 0.29) is 5.41 Å². The first kappa shape index (κ1) is 26.4. The monoisotopic (exact) mass is 416 g/mol. The van der Waals surface area contributed by atoms with E-state index in [0.717, 1.165) is 17.4 Å². The van der Waals surface area contributed by atoms with E-state index in [1.54, 1.807) is 6.92 Å². The van der Waals surface area contributed by atoms with Crippen molar-refractivity contribution < 1.29 is 4.79 Å². The SMILES string of the molecule is CC1=C(/C=C/C(C)=C/C=C/C(C)=C\C=C\C=C(C)\C=C\C=C(/C)C=O)C(C)(C)CCC1. The van der Waals surface area contributed by atoms with Crippen LogP contribution in [0.5, 0.6) is 0 Å². The van der Waals surface area contributed by atoms with Gasteiger partial charge in [-0.15, -0.1) is 0 Å². The zero-order valence-electron chi connectivity index (χ0n) is 20.5. The standard InChI is InChI=1S/C30H40O/c1-24(13-8-9-14-25(2)16-11-18-27(4)23-31)15-10-17-26(3)20-21-29-28(5)19-12-22-30(29,6)7/h8-11,13-18,20-21,23H,12,19,22H2,1-7H3/b9-8+,15-10+,16-11+,21-20+,24-13-,25-14+,26-17+,27-18+. The van der Waals surface area contributed by atoms with E-state index < -0.39 is 0 Å². The van der Waals surface area contributed by atoms with Gasteiger partial charge in [0.15, 0.2) is 0 Å². The fourth-order valence-corrected chi connectivity index (χ4v) is 3.55. The molecule has 0 saturated heterocycles. The topological polar surface area (TPSA) is 17.1 Å². The molecule has 1 rings (SSSR count). The van der Waals surface area contributed by atoms with E-state index in [1.165, 1.54) is 41.6 Å². The van der Waals surface area contributed by atoms with E-state index in [9.17, 15) is 4.79 Å². The van der Waals surface area contributed by atoms with Gasteiger partial charge in [-0.25, -0.2) is 0 Å². The molecule has 0 spiro atoms. The van der Waals surface area contributed by atoms with Crippen LogP contribution >= 0.6 is 0 Å². The first-order valence-corrected chi connectivity index (χ1v) is 11.2. The van der Waals surface area contributed by atoms with E-state index in [4.69, 9.17) is 0 Å².